The summed E-state index contributed by atoms with van der Waals surface area (Å²) < 4.78 is 15.5. The molecule has 1 aliphatic rings. The smallest absolute Gasteiger partial charge is 0.311 e. The van der Waals surface area contributed by atoms with Gasteiger partial charge >= 0.3 is 5.97 Å². The van der Waals surface area contributed by atoms with Crippen molar-refractivity contribution in [2.45, 2.75) is 19.3 Å². The molecule has 0 aliphatic heterocycles. The standard InChI is InChI=1S/C14H19NO4/c15-12-2-1-3-13(8-12)18-7-6-14(16)19-10-17-9-11-4-5-11/h1-3,8,11H,4-7,9-10,15H2. The summed E-state index contributed by atoms with van der Waals surface area (Å²) in [6, 6.07) is 7.08. The zero-order valence-electron chi connectivity index (χ0n) is 10.8. The molecule has 1 aromatic carbocycles. The lowest BCUT2D eigenvalue weighted by Gasteiger charge is -2.07. The van der Waals surface area contributed by atoms with Crippen LogP contribution >= 0.6 is 0 Å². The predicted molar refractivity (Wildman–Crippen MR) is 70.6 cm³/mol. The van der Waals surface area contributed by atoms with Crippen LogP contribution in [-0.2, 0) is 14.3 Å². The topological polar surface area (TPSA) is 70.8 Å². The van der Waals surface area contributed by atoms with E-state index in [4.69, 9.17) is 19.9 Å². The van der Waals surface area contributed by atoms with E-state index in [-0.39, 0.29) is 25.8 Å². The van der Waals surface area contributed by atoms with Crippen molar-refractivity contribution in [3.8, 4) is 5.75 Å². The first kappa shape index (κ1) is 13.7. The Kier molecular flexibility index (Phi) is 5.03. The molecule has 0 radical (unpaired) electrons. The average Bonchev–Trinajstić information content (AvgIpc) is 3.19. The van der Waals surface area contributed by atoms with E-state index in [9.17, 15) is 4.79 Å². The molecule has 5 nitrogen and oxygen atoms in total. The summed E-state index contributed by atoms with van der Waals surface area (Å²) in [6.45, 7) is 0.992. The van der Waals surface area contributed by atoms with E-state index in [1.807, 2.05) is 0 Å². The maximum atomic E-state index is 11.4. The van der Waals surface area contributed by atoms with Gasteiger partial charge in [-0.3, -0.25) is 4.79 Å². The third kappa shape index (κ3) is 5.61. The molecule has 19 heavy (non-hydrogen) atoms. The van der Waals surface area contributed by atoms with Crippen LogP contribution in [0.2, 0.25) is 0 Å². The summed E-state index contributed by atoms with van der Waals surface area (Å²) in [6.07, 6.45) is 2.64. The number of hydrogen-bond donors (Lipinski definition) is 1. The van der Waals surface area contributed by atoms with E-state index in [0.29, 0.717) is 24.0 Å². The molecule has 0 aromatic heterocycles. The third-order valence-electron chi connectivity index (χ3n) is 2.79. The van der Waals surface area contributed by atoms with Gasteiger partial charge in [0.05, 0.1) is 19.6 Å². The van der Waals surface area contributed by atoms with Gasteiger partial charge in [0.2, 0.25) is 0 Å². The van der Waals surface area contributed by atoms with Crippen LogP contribution in [-0.4, -0.2) is 26.0 Å². The summed E-state index contributed by atoms with van der Waals surface area (Å²) in [5.74, 6) is 1.00. The lowest BCUT2D eigenvalue weighted by atomic mass is 10.3. The molecule has 1 aromatic rings. The SMILES string of the molecule is Nc1cccc(OCCC(=O)OCOCC2CC2)c1. The molecule has 0 heterocycles. The van der Waals surface area contributed by atoms with Crippen molar-refractivity contribution >= 4 is 11.7 Å². The number of carbonyl (C=O) groups is 1. The van der Waals surface area contributed by atoms with Crippen molar-refractivity contribution in [3.05, 3.63) is 24.3 Å². The van der Waals surface area contributed by atoms with Gasteiger partial charge in [-0.1, -0.05) is 6.07 Å². The number of benzene rings is 1. The van der Waals surface area contributed by atoms with E-state index in [0.717, 1.165) is 0 Å². The molecule has 0 saturated heterocycles. The molecule has 0 amide bonds. The highest BCUT2D eigenvalue weighted by Gasteiger charge is 2.21. The van der Waals surface area contributed by atoms with Crippen LogP contribution in [0, 0.1) is 5.92 Å². The molecule has 2 N–H and O–H groups in total. The molecule has 0 bridgehead atoms. The monoisotopic (exact) mass is 265 g/mol. The van der Waals surface area contributed by atoms with Crippen LogP contribution in [0.4, 0.5) is 5.69 Å². The Morgan fingerprint density at radius 2 is 2.21 bits per heavy atom. The fraction of sp³-hybridized carbons (Fsp3) is 0.500. The highest BCUT2D eigenvalue weighted by molar-refractivity contribution is 5.69. The maximum absolute atomic E-state index is 11.4. The number of ether oxygens (including phenoxy) is 3. The van der Waals surface area contributed by atoms with Gasteiger partial charge in [0.15, 0.2) is 6.79 Å². The summed E-state index contributed by atoms with van der Waals surface area (Å²) >= 11 is 0. The number of hydrogen-bond acceptors (Lipinski definition) is 5. The van der Waals surface area contributed by atoms with Gasteiger partial charge in [-0.05, 0) is 30.9 Å². The average molecular weight is 265 g/mol. The van der Waals surface area contributed by atoms with Crippen molar-refractivity contribution < 1.29 is 19.0 Å². The van der Waals surface area contributed by atoms with Gasteiger partial charge in [-0.2, -0.15) is 0 Å². The van der Waals surface area contributed by atoms with Gasteiger partial charge in [-0.25, -0.2) is 0 Å². The zero-order chi connectivity index (χ0) is 13.5. The van der Waals surface area contributed by atoms with Gasteiger partial charge in [0, 0.05) is 11.8 Å². The molecule has 1 fully saturated rings. The lowest BCUT2D eigenvalue weighted by Crippen LogP contribution is -2.13. The minimum atomic E-state index is -0.320. The van der Waals surface area contributed by atoms with Gasteiger partial charge in [-0.15, -0.1) is 0 Å². The Bertz CT molecular complexity index is 418. The van der Waals surface area contributed by atoms with E-state index in [2.05, 4.69) is 0 Å². The second kappa shape index (κ2) is 6.99. The first-order valence-electron chi connectivity index (χ1n) is 6.46. The summed E-state index contributed by atoms with van der Waals surface area (Å²) in [5.41, 5.74) is 6.25. The number of rotatable bonds is 8. The summed E-state index contributed by atoms with van der Waals surface area (Å²) in [4.78, 5) is 11.4. The molecule has 1 aliphatic carbocycles. The maximum Gasteiger partial charge on any atom is 0.311 e. The van der Waals surface area contributed by atoms with Crippen LogP contribution in [0.5, 0.6) is 5.75 Å². The van der Waals surface area contributed by atoms with Gasteiger partial charge in [0.1, 0.15) is 5.75 Å². The number of nitrogens with two attached hydrogens (primary N) is 1. The highest BCUT2D eigenvalue weighted by Crippen LogP contribution is 2.28. The van der Waals surface area contributed by atoms with Crippen LogP contribution in [0.1, 0.15) is 19.3 Å². The molecule has 5 heteroatoms. The quantitative estimate of drug-likeness (QED) is 0.337. The highest BCUT2D eigenvalue weighted by atomic mass is 16.7. The number of anilines is 1. The van der Waals surface area contributed by atoms with Crippen LogP contribution < -0.4 is 10.5 Å². The first-order chi connectivity index (χ1) is 9.24. The number of esters is 1. The van der Waals surface area contributed by atoms with Crippen molar-refractivity contribution in [1.29, 1.82) is 0 Å². The third-order valence-corrected chi connectivity index (χ3v) is 2.79. The Hall–Kier alpha value is -1.75. The lowest BCUT2D eigenvalue weighted by molar-refractivity contribution is -0.157. The number of nitrogen functional groups attached to an aromatic ring is 1. The van der Waals surface area contributed by atoms with E-state index in [1.54, 1.807) is 24.3 Å². The van der Waals surface area contributed by atoms with Crippen molar-refractivity contribution in [1.82, 2.24) is 0 Å². The first-order valence-corrected chi connectivity index (χ1v) is 6.46. The van der Waals surface area contributed by atoms with E-state index < -0.39 is 0 Å². The van der Waals surface area contributed by atoms with Crippen LogP contribution in [0.25, 0.3) is 0 Å². The fourth-order valence-electron chi connectivity index (χ4n) is 1.54. The molecule has 104 valence electrons. The minimum Gasteiger partial charge on any atom is -0.493 e. The Labute approximate surface area is 112 Å². The van der Waals surface area contributed by atoms with E-state index >= 15 is 0 Å². The number of carbonyl (C=O) groups excluding carboxylic acids is 1. The Morgan fingerprint density at radius 3 is 2.95 bits per heavy atom. The molecule has 2 rings (SSSR count). The van der Waals surface area contributed by atoms with Gasteiger partial charge < -0.3 is 19.9 Å². The molecular weight excluding hydrogens is 246 g/mol. The van der Waals surface area contributed by atoms with Gasteiger partial charge in [0.25, 0.3) is 0 Å². The Balaban J connectivity index is 1.53. The van der Waals surface area contributed by atoms with Crippen LogP contribution in [0.3, 0.4) is 0 Å². The molecule has 1 saturated carbocycles. The molecule has 0 unspecified atom stereocenters. The minimum absolute atomic E-state index is 0.0353. The largest absolute Gasteiger partial charge is 0.493 e. The van der Waals surface area contributed by atoms with Crippen molar-refractivity contribution in [2.24, 2.45) is 5.92 Å². The fourth-order valence-corrected chi connectivity index (χ4v) is 1.54. The summed E-state index contributed by atoms with van der Waals surface area (Å²) in [7, 11) is 0. The molecule has 0 atom stereocenters. The van der Waals surface area contributed by atoms with Crippen molar-refractivity contribution in [3.63, 3.8) is 0 Å². The second-order valence-electron chi connectivity index (χ2n) is 4.62. The molecular formula is C14H19NO4. The zero-order valence-corrected chi connectivity index (χ0v) is 10.8. The van der Waals surface area contributed by atoms with Crippen molar-refractivity contribution in [2.75, 3.05) is 25.7 Å². The Morgan fingerprint density at radius 1 is 1.37 bits per heavy atom. The van der Waals surface area contributed by atoms with Crippen LogP contribution in [0.15, 0.2) is 24.3 Å². The molecule has 0 spiro atoms. The second-order valence-corrected chi connectivity index (χ2v) is 4.62. The predicted octanol–water partition coefficient (Wildman–Crippen LogP) is 1.97. The van der Waals surface area contributed by atoms with E-state index in [1.165, 1.54) is 12.8 Å². The summed E-state index contributed by atoms with van der Waals surface area (Å²) in [5, 5.41) is 0. The normalized spacial score (nSPS) is 14.1.